The molecule has 7 heteroatoms. The predicted octanol–water partition coefficient (Wildman–Crippen LogP) is 4.54. The molecule has 1 heterocycles. The van der Waals surface area contributed by atoms with Crippen molar-refractivity contribution in [1.29, 1.82) is 0 Å². The number of nitrogens with zero attached hydrogens (tertiary/aromatic N) is 1. The molecule has 1 aliphatic carbocycles. The molecule has 0 saturated heterocycles. The summed E-state index contributed by atoms with van der Waals surface area (Å²) in [5.74, 6) is 0.674. The van der Waals surface area contributed by atoms with E-state index in [9.17, 15) is 14.7 Å². The van der Waals surface area contributed by atoms with Crippen LogP contribution in [0.2, 0.25) is 0 Å². The number of benzene rings is 2. The molecule has 4 rings (SSSR count). The zero-order valence-corrected chi connectivity index (χ0v) is 19.1. The fourth-order valence-corrected chi connectivity index (χ4v) is 4.41. The fourth-order valence-electron chi connectivity index (χ4n) is 3.55. The molecule has 1 atom stereocenters. The van der Waals surface area contributed by atoms with E-state index in [1.165, 1.54) is 11.3 Å². The number of hydrogen-bond acceptors (Lipinski definition) is 5. The van der Waals surface area contributed by atoms with Gasteiger partial charge in [-0.25, -0.2) is 0 Å². The van der Waals surface area contributed by atoms with Crippen LogP contribution >= 0.6 is 11.3 Å². The van der Waals surface area contributed by atoms with Crippen molar-refractivity contribution in [2.24, 2.45) is 5.92 Å². The Morgan fingerprint density at radius 3 is 2.62 bits per heavy atom. The number of rotatable bonds is 9. The lowest BCUT2D eigenvalue weighted by molar-refractivity contribution is -0.117. The Bertz CT molecular complexity index is 1100. The van der Waals surface area contributed by atoms with E-state index in [0.717, 1.165) is 23.6 Å². The maximum absolute atomic E-state index is 13.1. The molecule has 2 N–H and O–H groups in total. The summed E-state index contributed by atoms with van der Waals surface area (Å²) < 4.78 is 5.89. The van der Waals surface area contributed by atoms with Crippen molar-refractivity contribution in [3.05, 3.63) is 59.5 Å². The predicted molar refractivity (Wildman–Crippen MR) is 127 cm³/mol. The lowest BCUT2D eigenvalue weighted by Crippen LogP contribution is -2.43. The average Bonchev–Trinajstić information content (AvgIpc) is 3.54. The maximum Gasteiger partial charge on any atom is 0.264 e. The summed E-state index contributed by atoms with van der Waals surface area (Å²) in [6.45, 7) is 4.07. The van der Waals surface area contributed by atoms with Crippen LogP contribution in [0.1, 0.15) is 36.4 Å². The van der Waals surface area contributed by atoms with Crippen molar-refractivity contribution in [3.8, 4) is 5.75 Å². The van der Waals surface area contributed by atoms with E-state index in [1.807, 2.05) is 56.3 Å². The van der Waals surface area contributed by atoms with Gasteiger partial charge in [-0.3, -0.25) is 9.59 Å². The number of carbonyl (C=O) groups is 2. The molecule has 0 spiro atoms. The summed E-state index contributed by atoms with van der Waals surface area (Å²) >= 11 is 1.26. The number of anilines is 1. The van der Waals surface area contributed by atoms with Gasteiger partial charge < -0.3 is 20.1 Å². The maximum atomic E-state index is 13.1. The van der Waals surface area contributed by atoms with Crippen LogP contribution in [0.15, 0.2) is 54.6 Å². The first kappa shape index (κ1) is 22.3. The van der Waals surface area contributed by atoms with Crippen LogP contribution in [-0.2, 0) is 4.79 Å². The van der Waals surface area contributed by atoms with Crippen LogP contribution in [0.5, 0.6) is 5.75 Å². The van der Waals surface area contributed by atoms with Crippen LogP contribution < -0.4 is 10.1 Å². The van der Waals surface area contributed by atoms with Gasteiger partial charge in [-0.1, -0.05) is 36.4 Å². The second-order valence-corrected chi connectivity index (χ2v) is 9.50. The standard InChI is InChI=1S/C25H28N2O4S/c1-16(2)27(25(30)22-12-13-23(32-22)26-24(29)18-10-11-18)14-19(28)15-31-21-9-5-7-17-6-3-4-8-20(17)21/h3-9,12-13,16,18-19,28H,10-11,14-15H2,1-2H3,(H,26,29). The van der Waals surface area contributed by atoms with Gasteiger partial charge in [0.2, 0.25) is 5.91 Å². The first-order chi connectivity index (χ1) is 15.4. The number of fused-ring (bicyclic) bond motifs is 1. The lowest BCUT2D eigenvalue weighted by atomic mass is 10.1. The van der Waals surface area contributed by atoms with Crippen molar-refractivity contribution in [3.63, 3.8) is 0 Å². The zero-order valence-electron chi connectivity index (χ0n) is 18.3. The Kier molecular flexibility index (Phi) is 6.77. The minimum Gasteiger partial charge on any atom is -0.490 e. The number of hydrogen-bond donors (Lipinski definition) is 2. The Hall–Kier alpha value is -2.90. The molecule has 1 aromatic heterocycles. The summed E-state index contributed by atoms with van der Waals surface area (Å²) in [6, 6.07) is 17.1. The van der Waals surface area contributed by atoms with E-state index in [2.05, 4.69) is 5.32 Å². The summed E-state index contributed by atoms with van der Waals surface area (Å²) in [6.07, 6.45) is 1.03. The number of amides is 2. The second-order valence-electron chi connectivity index (χ2n) is 8.42. The molecular weight excluding hydrogens is 424 g/mol. The van der Waals surface area contributed by atoms with E-state index in [4.69, 9.17) is 4.74 Å². The molecule has 32 heavy (non-hydrogen) atoms. The first-order valence-electron chi connectivity index (χ1n) is 10.9. The van der Waals surface area contributed by atoms with Gasteiger partial charge in [0.05, 0.1) is 16.4 Å². The fraction of sp³-hybridized carbons (Fsp3) is 0.360. The second kappa shape index (κ2) is 9.71. The van der Waals surface area contributed by atoms with E-state index >= 15 is 0 Å². The third-order valence-electron chi connectivity index (χ3n) is 5.48. The van der Waals surface area contributed by atoms with E-state index < -0.39 is 6.10 Å². The molecule has 0 aliphatic heterocycles. The molecule has 6 nitrogen and oxygen atoms in total. The summed E-state index contributed by atoms with van der Waals surface area (Å²) in [5.41, 5.74) is 0. The number of nitrogens with one attached hydrogen (secondary N) is 1. The van der Waals surface area contributed by atoms with Gasteiger partial charge in [-0.05, 0) is 50.3 Å². The van der Waals surface area contributed by atoms with Gasteiger partial charge in [0.25, 0.3) is 5.91 Å². The summed E-state index contributed by atoms with van der Waals surface area (Å²) in [5, 5.41) is 16.2. The minimum absolute atomic E-state index is 0.0209. The van der Waals surface area contributed by atoms with Crippen LogP contribution in [0.4, 0.5) is 5.00 Å². The summed E-state index contributed by atoms with van der Waals surface area (Å²) in [7, 11) is 0. The molecule has 1 saturated carbocycles. The number of thiophene rings is 1. The Labute approximate surface area is 191 Å². The highest BCUT2D eigenvalue weighted by molar-refractivity contribution is 7.18. The SMILES string of the molecule is CC(C)N(CC(O)COc1cccc2ccccc12)C(=O)c1ccc(NC(=O)C2CC2)s1. The molecule has 168 valence electrons. The van der Waals surface area contributed by atoms with Crippen molar-refractivity contribution in [2.45, 2.75) is 38.8 Å². The number of carbonyl (C=O) groups excluding carboxylic acids is 2. The van der Waals surface area contributed by atoms with Crippen LogP contribution in [0.25, 0.3) is 10.8 Å². The minimum atomic E-state index is -0.839. The third-order valence-corrected chi connectivity index (χ3v) is 6.47. The van der Waals surface area contributed by atoms with Gasteiger partial charge in [0, 0.05) is 17.3 Å². The molecule has 2 aromatic carbocycles. The van der Waals surface area contributed by atoms with Crippen molar-refractivity contribution < 1.29 is 19.4 Å². The molecular formula is C25H28N2O4S. The molecule has 3 aromatic rings. The van der Waals surface area contributed by atoms with Crippen molar-refractivity contribution in [2.75, 3.05) is 18.5 Å². The Balaban J connectivity index is 1.37. The number of ether oxygens (including phenoxy) is 1. The molecule has 1 aliphatic rings. The largest absolute Gasteiger partial charge is 0.490 e. The molecule has 1 fully saturated rings. The highest BCUT2D eigenvalue weighted by Crippen LogP contribution is 2.32. The van der Waals surface area contributed by atoms with Gasteiger partial charge in [0.1, 0.15) is 18.5 Å². The Morgan fingerprint density at radius 2 is 1.88 bits per heavy atom. The molecule has 2 amide bonds. The monoisotopic (exact) mass is 452 g/mol. The highest BCUT2D eigenvalue weighted by atomic mass is 32.1. The quantitative estimate of drug-likeness (QED) is 0.500. The topological polar surface area (TPSA) is 78.9 Å². The summed E-state index contributed by atoms with van der Waals surface area (Å²) in [4.78, 5) is 27.2. The van der Waals surface area contributed by atoms with Crippen LogP contribution in [0.3, 0.4) is 0 Å². The van der Waals surface area contributed by atoms with E-state index in [-0.39, 0.29) is 36.9 Å². The average molecular weight is 453 g/mol. The molecule has 0 bridgehead atoms. The van der Waals surface area contributed by atoms with Crippen molar-refractivity contribution in [1.82, 2.24) is 4.90 Å². The van der Waals surface area contributed by atoms with Crippen LogP contribution in [-0.4, -0.2) is 47.1 Å². The smallest absolute Gasteiger partial charge is 0.264 e. The van der Waals surface area contributed by atoms with Gasteiger partial charge in [-0.2, -0.15) is 0 Å². The lowest BCUT2D eigenvalue weighted by Gasteiger charge is -2.28. The van der Waals surface area contributed by atoms with Crippen molar-refractivity contribution >= 4 is 38.9 Å². The zero-order chi connectivity index (χ0) is 22.7. The van der Waals surface area contributed by atoms with E-state index in [0.29, 0.717) is 15.6 Å². The van der Waals surface area contributed by atoms with E-state index in [1.54, 1.807) is 17.0 Å². The third kappa shape index (κ3) is 5.29. The first-order valence-corrected chi connectivity index (χ1v) is 11.7. The normalized spacial score (nSPS) is 14.4. The van der Waals surface area contributed by atoms with Gasteiger partial charge >= 0.3 is 0 Å². The highest BCUT2D eigenvalue weighted by Gasteiger charge is 2.30. The van der Waals surface area contributed by atoms with Gasteiger partial charge in [-0.15, -0.1) is 11.3 Å². The molecule has 1 unspecified atom stereocenters. The molecule has 0 radical (unpaired) electrons. The Morgan fingerprint density at radius 1 is 1.12 bits per heavy atom. The van der Waals surface area contributed by atoms with Crippen LogP contribution in [0, 0.1) is 5.92 Å². The number of aliphatic hydroxyl groups excluding tert-OH is 1. The number of aliphatic hydroxyl groups is 1. The van der Waals surface area contributed by atoms with Gasteiger partial charge in [0.15, 0.2) is 0 Å².